The summed E-state index contributed by atoms with van der Waals surface area (Å²) in [7, 11) is 0. The van der Waals surface area contributed by atoms with E-state index in [-0.39, 0.29) is 5.82 Å². The second kappa shape index (κ2) is 13.5. The molecule has 0 spiro atoms. The Morgan fingerprint density at radius 3 is 2.50 bits per heavy atom. The molecule has 1 atom stereocenters. The van der Waals surface area contributed by atoms with Crippen LogP contribution in [0.3, 0.4) is 0 Å². The van der Waals surface area contributed by atoms with Crippen molar-refractivity contribution < 1.29 is 13.9 Å². The van der Waals surface area contributed by atoms with E-state index in [0.29, 0.717) is 58.1 Å². The number of aromatic nitrogens is 1. The minimum atomic E-state index is -0.428. The van der Waals surface area contributed by atoms with Crippen molar-refractivity contribution in [3.63, 3.8) is 0 Å². The maximum Gasteiger partial charge on any atom is 0.130 e. The van der Waals surface area contributed by atoms with Gasteiger partial charge in [-0.15, -0.1) is 0 Å². The fourth-order valence-electron chi connectivity index (χ4n) is 4.65. The summed E-state index contributed by atoms with van der Waals surface area (Å²) in [4.78, 5) is 6.22. The predicted octanol–water partition coefficient (Wildman–Crippen LogP) is 7.56. The number of nitrogens with zero attached hydrogens (tertiary/aromatic N) is 2. The summed E-state index contributed by atoms with van der Waals surface area (Å²) in [5, 5.41) is 0.858. The first-order valence-electron chi connectivity index (χ1n) is 13.3. The van der Waals surface area contributed by atoms with Gasteiger partial charge in [0.15, 0.2) is 0 Å². The van der Waals surface area contributed by atoms with Crippen LogP contribution in [-0.2, 0) is 11.3 Å². The van der Waals surface area contributed by atoms with Gasteiger partial charge in [0.25, 0.3) is 0 Å². The second-order valence-corrected chi connectivity index (χ2v) is 10.7. The van der Waals surface area contributed by atoms with Crippen molar-refractivity contribution in [2.45, 2.75) is 39.8 Å². The zero-order valence-electron chi connectivity index (χ0n) is 23.0. The smallest absolute Gasteiger partial charge is 0.130 e. The first-order valence-corrected chi connectivity index (χ1v) is 14.0. The third-order valence-electron chi connectivity index (χ3n) is 7.10. The highest BCUT2D eigenvalue weighted by Crippen LogP contribution is 2.36. The Kier molecular flexibility index (Phi) is 10.1. The van der Waals surface area contributed by atoms with Gasteiger partial charge in [0.1, 0.15) is 17.7 Å². The van der Waals surface area contributed by atoms with Crippen molar-refractivity contribution in [1.29, 1.82) is 0 Å². The Bertz CT molecular complexity index is 1400. The van der Waals surface area contributed by atoms with E-state index >= 15 is 4.39 Å². The van der Waals surface area contributed by atoms with Gasteiger partial charge in [-0.25, -0.2) is 4.39 Å². The summed E-state index contributed by atoms with van der Waals surface area (Å²) in [6.07, 6.45) is 7.05. The molecule has 2 aromatic carbocycles. The number of pyridine rings is 1. The lowest BCUT2D eigenvalue weighted by molar-refractivity contribution is 0.0342. The van der Waals surface area contributed by atoms with Crippen molar-refractivity contribution in [2.75, 3.05) is 37.8 Å². The van der Waals surface area contributed by atoms with Crippen LogP contribution in [0.1, 0.15) is 55.5 Å². The van der Waals surface area contributed by atoms with Crippen LogP contribution in [-0.4, -0.2) is 36.2 Å². The van der Waals surface area contributed by atoms with Crippen LogP contribution < -0.4 is 16.2 Å². The van der Waals surface area contributed by atoms with Crippen LogP contribution in [0, 0.1) is 5.82 Å². The fourth-order valence-corrected chi connectivity index (χ4v) is 5.33. The van der Waals surface area contributed by atoms with Gasteiger partial charge >= 0.3 is 0 Å². The maximum absolute atomic E-state index is 15.2. The summed E-state index contributed by atoms with van der Waals surface area (Å²) in [5.41, 5.74) is 18.5. The predicted molar refractivity (Wildman–Crippen MR) is 163 cm³/mol. The highest BCUT2D eigenvalue weighted by molar-refractivity contribution is 6.35. The van der Waals surface area contributed by atoms with Gasteiger partial charge in [-0.3, -0.25) is 9.88 Å². The highest BCUT2D eigenvalue weighted by Gasteiger charge is 2.18. The molecule has 1 aromatic heterocycles. The molecule has 1 fully saturated rings. The molecule has 1 unspecified atom stereocenters. The number of morpholine rings is 1. The number of rotatable bonds is 9. The number of nitrogens with two attached hydrogens (primary N) is 2. The summed E-state index contributed by atoms with van der Waals surface area (Å²) < 4.78 is 26.8. The van der Waals surface area contributed by atoms with Gasteiger partial charge in [-0.05, 0) is 61.7 Å². The minimum Gasteiger partial charge on any atom is -0.486 e. The summed E-state index contributed by atoms with van der Waals surface area (Å²) in [6.45, 7) is 9.51. The Hall–Kier alpha value is -3.10. The van der Waals surface area contributed by atoms with Crippen LogP contribution in [0.5, 0.6) is 5.75 Å². The minimum absolute atomic E-state index is 0.327. The number of allylic oxidation sites excluding steroid dienone is 3. The van der Waals surface area contributed by atoms with E-state index in [1.807, 2.05) is 26.0 Å². The number of halogens is 3. The average Bonchev–Trinajstić information content (AvgIpc) is 2.93. The largest absolute Gasteiger partial charge is 0.486 e. The Balaban J connectivity index is 1.61. The van der Waals surface area contributed by atoms with E-state index in [2.05, 4.69) is 16.8 Å². The number of benzene rings is 2. The normalized spacial score (nSPS) is 15.8. The molecule has 0 bridgehead atoms. The molecule has 0 aliphatic carbocycles. The first kappa shape index (κ1) is 29.9. The van der Waals surface area contributed by atoms with E-state index in [4.69, 9.17) is 44.1 Å². The number of hydrogen-bond donors (Lipinski definition) is 2. The van der Waals surface area contributed by atoms with Crippen molar-refractivity contribution in [3.05, 3.63) is 92.5 Å². The fraction of sp³-hybridized carbons (Fsp3) is 0.323. The Morgan fingerprint density at radius 1 is 1.12 bits per heavy atom. The van der Waals surface area contributed by atoms with Crippen LogP contribution in [0.2, 0.25) is 10.0 Å². The molecule has 9 heteroatoms. The van der Waals surface area contributed by atoms with E-state index < -0.39 is 6.10 Å². The van der Waals surface area contributed by atoms with Gasteiger partial charge in [0, 0.05) is 60.1 Å². The summed E-state index contributed by atoms with van der Waals surface area (Å²) in [5.74, 6) is 0.269. The zero-order valence-corrected chi connectivity index (χ0v) is 24.5. The van der Waals surface area contributed by atoms with Gasteiger partial charge in [0.2, 0.25) is 0 Å². The van der Waals surface area contributed by atoms with Crippen molar-refractivity contribution in [1.82, 2.24) is 9.88 Å². The van der Waals surface area contributed by atoms with Crippen LogP contribution >= 0.6 is 23.2 Å². The lowest BCUT2D eigenvalue weighted by Crippen LogP contribution is -2.35. The molecule has 0 saturated carbocycles. The number of nitrogen functional groups attached to an aromatic ring is 2. The van der Waals surface area contributed by atoms with E-state index in [9.17, 15) is 0 Å². The SMILES string of the molecule is CC/C(C)=C(\C=C\c1cc(N)c(CN2CCOCC2)cc1F)c1cc(OC(C)c2c(Cl)cncc2Cl)ccc1N. The molecule has 1 aliphatic heterocycles. The third kappa shape index (κ3) is 7.15. The lowest BCUT2D eigenvalue weighted by Gasteiger charge is -2.27. The maximum atomic E-state index is 15.2. The molecule has 40 heavy (non-hydrogen) atoms. The van der Waals surface area contributed by atoms with Crippen LogP contribution in [0.15, 0.2) is 54.4 Å². The zero-order chi connectivity index (χ0) is 28.8. The molecule has 0 radical (unpaired) electrons. The number of ether oxygens (including phenoxy) is 2. The summed E-state index contributed by atoms with van der Waals surface area (Å²) in [6, 6.07) is 8.69. The standard InChI is InChI=1S/C31H35Cl2FN4O2/c1-4-19(2)24(7-5-21-14-30(36)22(13-28(21)34)18-38-9-11-39-12-10-38)25-15-23(6-8-29(25)35)40-20(3)31-26(32)16-37-17-27(31)33/h5-8,13-17,20H,4,9-12,18,35-36H2,1-3H3/b7-5+,24-19+. The highest BCUT2D eigenvalue weighted by atomic mass is 35.5. The summed E-state index contributed by atoms with van der Waals surface area (Å²) >= 11 is 12.7. The molecular formula is C31H35Cl2FN4O2. The number of hydrogen-bond acceptors (Lipinski definition) is 6. The molecule has 6 nitrogen and oxygen atoms in total. The Labute approximate surface area is 245 Å². The molecule has 1 saturated heterocycles. The monoisotopic (exact) mass is 584 g/mol. The molecule has 0 amide bonds. The average molecular weight is 586 g/mol. The molecular weight excluding hydrogens is 550 g/mol. The van der Waals surface area contributed by atoms with Gasteiger partial charge in [0.05, 0.1) is 23.3 Å². The Morgan fingerprint density at radius 2 is 1.82 bits per heavy atom. The van der Waals surface area contributed by atoms with E-state index in [1.165, 1.54) is 18.5 Å². The van der Waals surface area contributed by atoms with Crippen molar-refractivity contribution in [3.8, 4) is 5.75 Å². The van der Waals surface area contributed by atoms with Crippen molar-refractivity contribution >= 4 is 46.2 Å². The molecule has 4 N–H and O–H groups in total. The second-order valence-electron chi connectivity index (χ2n) is 9.87. The van der Waals surface area contributed by atoms with E-state index in [0.717, 1.165) is 41.8 Å². The van der Waals surface area contributed by atoms with Gasteiger partial charge in [-0.2, -0.15) is 0 Å². The topological polar surface area (TPSA) is 86.6 Å². The quantitative estimate of drug-likeness (QED) is 0.199. The first-order chi connectivity index (χ1) is 19.2. The molecule has 1 aliphatic rings. The molecule has 3 aromatic rings. The lowest BCUT2D eigenvalue weighted by atomic mass is 9.96. The molecule has 2 heterocycles. The van der Waals surface area contributed by atoms with E-state index in [1.54, 1.807) is 24.3 Å². The van der Waals surface area contributed by atoms with Crippen LogP contribution in [0.25, 0.3) is 11.6 Å². The third-order valence-corrected chi connectivity index (χ3v) is 7.70. The van der Waals surface area contributed by atoms with Gasteiger partial charge < -0.3 is 20.9 Å². The van der Waals surface area contributed by atoms with Crippen LogP contribution in [0.4, 0.5) is 15.8 Å². The number of anilines is 2. The van der Waals surface area contributed by atoms with Gasteiger partial charge in [-0.1, -0.05) is 47.9 Å². The van der Waals surface area contributed by atoms with Crippen molar-refractivity contribution in [2.24, 2.45) is 0 Å². The molecule has 4 rings (SSSR count). The molecule has 212 valence electrons.